The molecule has 0 fully saturated rings. The monoisotopic (exact) mass is 983 g/mol. The largest absolute Gasteiger partial charge is 0.462 e. The lowest BCUT2D eigenvalue weighted by molar-refractivity contribution is -0.167. The summed E-state index contributed by atoms with van der Waals surface area (Å²) in [5.74, 6) is -0.916. The molecule has 0 aliphatic carbocycles. The van der Waals surface area contributed by atoms with E-state index in [1.807, 2.05) is 0 Å². The van der Waals surface area contributed by atoms with Crippen LogP contribution in [0.3, 0.4) is 0 Å². The molecule has 0 rings (SSSR count). The van der Waals surface area contributed by atoms with Crippen molar-refractivity contribution in [1.29, 1.82) is 0 Å². The Morgan fingerprint density at radius 2 is 0.577 bits per heavy atom. The molecule has 1 unspecified atom stereocenters. The third-order valence-corrected chi connectivity index (χ3v) is 11.9. The maximum absolute atomic E-state index is 12.7. The summed E-state index contributed by atoms with van der Waals surface area (Å²) in [5.41, 5.74) is 0. The standard InChI is InChI=1S/C65H106O6/c1-4-7-10-13-16-19-21-22-23-24-25-26-27-28-29-30-31-32-33-34-35-36-37-38-39-40-41-42-43-44-45-47-49-52-55-58-64(67)70-61-62(60-69-63(66)57-54-51-48-18-15-12-9-6-3)71-65(68)59-56-53-50-46-20-17-14-11-8-5-2/h7,10-11,14,16,19,22-23,25-26,28-29,31-32,34-35,37-38,40-41,62H,4-6,8-9,12-13,15,17-18,20-21,24,27,30,33,36,39,42-61H2,1-3H3/b10-7-,14-11-,19-16-,23-22-,26-25-,29-28-,32-31-,35-34-,38-37-,41-40-. The fourth-order valence-corrected chi connectivity index (χ4v) is 7.61. The maximum atomic E-state index is 12.7. The van der Waals surface area contributed by atoms with Crippen LogP contribution in [0, 0.1) is 0 Å². The second-order valence-electron chi connectivity index (χ2n) is 18.8. The minimum absolute atomic E-state index is 0.0849. The van der Waals surface area contributed by atoms with E-state index in [-0.39, 0.29) is 31.1 Å². The van der Waals surface area contributed by atoms with Crippen LogP contribution in [0.2, 0.25) is 0 Å². The molecule has 0 radical (unpaired) electrons. The van der Waals surface area contributed by atoms with Crippen molar-refractivity contribution >= 4 is 17.9 Å². The van der Waals surface area contributed by atoms with Gasteiger partial charge >= 0.3 is 17.9 Å². The molecule has 1 atom stereocenters. The van der Waals surface area contributed by atoms with Gasteiger partial charge in [-0.05, 0) is 109 Å². The Bertz CT molecular complexity index is 1500. The molecule has 0 bridgehead atoms. The Kier molecular flexibility index (Phi) is 54.9. The normalized spacial score (nSPS) is 13.0. The van der Waals surface area contributed by atoms with Crippen LogP contribution in [0.1, 0.15) is 252 Å². The number of rotatable bonds is 51. The fourth-order valence-electron chi connectivity index (χ4n) is 7.61. The van der Waals surface area contributed by atoms with Gasteiger partial charge in [-0.25, -0.2) is 0 Å². The van der Waals surface area contributed by atoms with Gasteiger partial charge < -0.3 is 14.2 Å². The van der Waals surface area contributed by atoms with Crippen LogP contribution in [-0.4, -0.2) is 37.2 Å². The van der Waals surface area contributed by atoms with Crippen molar-refractivity contribution < 1.29 is 28.6 Å². The first kappa shape index (κ1) is 66.8. The first-order valence-corrected chi connectivity index (χ1v) is 29.0. The Morgan fingerprint density at radius 1 is 0.296 bits per heavy atom. The number of unbranched alkanes of at least 4 members (excludes halogenated alkanes) is 20. The van der Waals surface area contributed by atoms with E-state index in [0.717, 1.165) is 141 Å². The van der Waals surface area contributed by atoms with Gasteiger partial charge in [-0.1, -0.05) is 245 Å². The first-order chi connectivity index (χ1) is 35.0. The van der Waals surface area contributed by atoms with Gasteiger partial charge in [0.2, 0.25) is 0 Å². The lowest BCUT2D eigenvalue weighted by atomic mass is 10.1. The average Bonchev–Trinajstić information content (AvgIpc) is 3.37. The van der Waals surface area contributed by atoms with Crippen molar-refractivity contribution in [3.8, 4) is 0 Å². The van der Waals surface area contributed by atoms with Crippen LogP contribution < -0.4 is 0 Å². The van der Waals surface area contributed by atoms with Crippen molar-refractivity contribution in [2.24, 2.45) is 0 Å². The topological polar surface area (TPSA) is 78.9 Å². The summed E-state index contributed by atoms with van der Waals surface area (Å²) in [6, 6.07) is 0. The molecular weight excluding hydrogens is 877 g/mol. The number of hydrogen-bond acceptors (Lipinski definition) is 6. The van der Waals surface area contributed by atoms with Gasteiger partial charge in [0.25, 0.3) is 0 Å². The summed E-state index contributed by atoms with van der Waals surface area (Å²) in [6.07, 6.45) is 80.8. The van der Waals surface area contributed by atoms with E-state index in [4.69, 9.17) is 14.2 Å². The van der Waals surface area contributed by atoms with Gasteiger partial charge in [-0.3, -0.25) is 14.4 Å². The third-order valence-electron chi connectivity index (χ3n) is 11.9. The van der Waals surface area contributed by atoms with Gasteiger partial charge in [0.05, 0.1) is 0 Å². The minimum Gasteiger partial charge on any atom is -0.462 e. The number of ether oxygens (including phenoxy) is 3. The SMILES string of the molecule is CC/C=C\C/C=C\C/C=C\C/C=C\C/C=C\C/C=C\C/C=C\C/C=C\C/C=C\CCCCCCCCCC(=O)OCC(COC(=O)CCCCCCCCCC)OC(=O)CCCCCCC/C=C\CCC. The Morgan fingerprint density at radius 3 is 0.930 bits per heavy atom. The molecule has 0 amide bonds. The highest BCUT2D eigenvalue weighted by atomic mass is 16.6. The summed E-state index contributed by atoms with van der Waals surface area (Å²) in [7, 11) is 0. The zero-order valence-electron chi connectivity index (χ0n) is 45.9. The number of allylic oxidation sites excluding steroid dienone is 20. The molecule has 0 saturated carbocycles. The van der Waals surface area contributed by atoms with Gasteiger partial charge in [-0.2, -0.15) is 0 Å². The van der Waals surface area contributed by atoms with Crippen molar-refractivity contribution in [3.05, 3.63) is 122 Å². The third kappa shape index (κ3) is 56.6. The van der Waals surface area contributed by atoms with E-state index in [2.05, 4.69) is 142 Å². The molecule has 0 spiro atoms. The second kappa shape index (κ2) is 58.4. The lowest BCUT2D eigenvalue weighted by Gasteiger charge is -2.18. The molecule has 402 valence electrons. The lowest BCUT2D eigenvalue weighted by Crippen LogP contribution is -2.30. The van der Waals surface area contributed by atoms with Crippen LogP contribution >= 0.6 is 0 Å². The molecule has 0 saturated heterocycles. The van der Waals surface area contributed by atoms with Crippen molar-refractivity contribution in [2.45, 2.75) is 258 Å². The van der Waals surface area contributed by atoms with Crippen molar-refractivity contribution in [1.82, 2.24) is 0 Å². The number of carbonyl (C=O) groups excluding carboxylic acids is 3. The molecular formula is C65H106O6. The van der Waals surface area contributed by atoms with Gasteiger partial charge in [0.15, 0.2) is 6.10 Å². The van der Waals surface area contributed by atoms with Crippen LogP contribution in [0.5, 0.6) is 0 Å². The molecule has 0 N–H and O–H groups in total. The predicted octanol–water partition coefficient (Wildman–Crippen LogP) is 19.6. The maximum Gasteiger partial charge on any atom is 0.306 e. The number of esters is 3. The van der Waals surface area contributed by atoms with Crippen LogP contribution in [0.4, 0.5) is 0 Å². The molecule has 0 aliphatic heterocycles. The molecule has 71 heavy (non-hydrogen) atoms. The highest BCUT2D eigenvalue weighted by Crippen LogP contribution is 2.14. The second-order valence-corrected chi connectivity index (χ2v) is 18.8. The van der Waals surface area contributed by atoms with E-state index >= 15 is 0 Å². The summed E-state index contributed by atoms with van der Waals surface area (Å²) < 4.78 is 16.7. The van der Waals surface area contributed by atoms with E-state index in [0.29, 0.717) is 19.3 Å². The van der Waals surface area contributed by atoms with Crippen LogP contribution in [-0.2, 0) is 28.6 Å². The highest BCUT2D eigenvalue weighted by Gasteiger charge is 2.19. The van der Waals surface area contributed by atoms with Gasteiger partial charge in [0, 0.05) is 19.3 Å². The molecule has 0 aromatic rings. The summed E-state index contributed by atoms with van der Waals surface area (Å²) in [6.45, 7) is 6.40. The summed E-state index contributed by atoms with van der Waals surface area (Å²) >= 11 is 0. The first-order valence-electron chi connectivity index (χ1n) is 29.0. The molecule has 6 heteroatoms. The van der Waals surface area contributed by atoms with E-state index in [9.17, 15) is 14.4 Å². The zero-order valence-corrected chi connectivity index (χ0v) is 45.9. The quantitative estimate of drug-likeness (QED) is 0.0261. The van der Waals surface area contributed by atoms with Crippen molar-refractivity contribution in [2.75, 3.05) is 13.2 Å². The molecule has 0 aliphatic rings. The average molecular weight is 984 g/mol. The van der Waals surface area contributed by atoms with Crippen LogP contribution in [0.15, 0.2) is 122 Å². The Balaban J connectivity index is 4.10. The van der Waals surface area contributed by atoms with E-state index in [1.165, 1.54) is 70.6 Å². The zero-order chi connectivity index (χ0) is 51.4. The predicted molar refractivity (Wildman–Crippen MR) is 306 cm³/mol. The van der Waals surface area contributed by atoms with E-state index in [1.54, 1.807) is 0 Å². The number of hydrogen-bond donors (Lipinski definition) is 0. The molecule has 0 aromatic heterocycles. The minimum atomic E-state index is -0.784. The highest BCUT2D eigenvalue weighted by molar-refractivity contribution is 5.71. The molecule has 6 nitrogen and oxygen atoms in total. The smallest absolute Gasteiger partial charge is 0.306 e. The summed E-state index contributed by atoms with van der Waals surface area (Å²) in [4.78, 5) is 37.8. The van der Waals surface area contributed by atoms with Gasteiger partial charge in [-0.15, -0.1) is 0 Å². The Hall–Kier alpha value is -4.19. The Labute approximate surface area is 437 Å². The van der Waals surface area contributed by atoms with Gasteiger partial charge in [0.1, 0.15) is 13.2 Å². The van der Waals surface area contributed by atoms with Crippen LogP contribution in [0.25, 0.3) is 0 Å². The molecule has 0 aromatic carbocycles. The number of carbonyl (C=O) groups is 3. The fraction of sp³-hybridized carbons (Fsp3) is 0.646. The molecule has 0 heterocycles. The van der Waals surface area contributed by atoms with E-state index < -0.39 is 6.10 Å². The van der Waals surface area contributed by atoms with Crippen molar-refractivity contribution in [3.63, 3.8) is 0 Å². The summed E-state index contributed by atoms with van der Waals surface area (Å²) in [5, 5.41) is 0.